The number of aryl methyl sites for hydroxylation is 1. The van der Waals surface area contributed by atoms with Crippen LogP contribution in [0.25, 0.3) is 0 Å². The number of nitrogens with one attached hydrogen (secondary N) is 2. The smallest absolute Gasteiger partial charge is 0.262 e. The van der Waals surface area contributed by atoms with Crippen LogP contribution in [0.2, 0.25) is 0 Å². The lowest BCUT2D eigenvalue weighted by atomic mass is 10.0. The predicted octanol–water partition coefficient (Wildman–Crippen LogP) is 1.88. The van der Waals surface area contributed by atoms with E-state index in [1.54, 1.807) is 11.4 Å². The van der Waals surface area contributed by atoms with E-state index in [2.05, 4.69) is 29.4 Å². The van der Waals surface area contributed by atoms with Gasteiger partial charge in [-0.25, -0.2) is 8.42 Å². The molecule has 1 rings (SSSR count). The Kier molecular flexibility index (Phi) is 6.83. The molecule has 2 N–H and O–H groups in total. The minimum absolute atomic E-state index is 0.155. The molecule has 0 amide bonds. The van der Waals surface area contributed by atoms with E-state index in [4.69, 9.17) is 0 Å². The molecule has 7 heteroatoms. The topological polar surface area (TPSA) is 78.1 Å². The van der Waals surface area contributed by atoms with Crippen molar-refractivity contribution in [3.63, 3.8) is 0 Å². The minimum atomic E-state index is -3.55. The largest absolute Gasteiger partial charge is 0.316 e. The number of aromatic amines is 1. The van der Waals surface area contributed by atoms with Crippen molar-refractivity contribution in [2.24, 2.45) is 5.92 Å². The zero-order valence-corrected chi connectivity index (χ0v) is 14.5. The van der Waals surface area contributed by atoms with Crippen LogP contribution in [0.15, 0.2) is 5.03 Å². The van der Waals surface area contributed by atoms with Crippen molar-refractivity contribution < 1.29 is 8.42 Å². The van der Waals surface area contributed by atoms with Gasteiger partial charge in [0.25, 0.3) is 10.0 Å². The number of rotatable bonds is 9. The Hall–Kier alpha value is -0.920. The highest BCUT2D eigenvalue weighted by Gasteiger charge is 2.30. The standard InChI is InChI=1S/C14H28N4O2S/c1-6-12(7-2)10-18(8-3)21(19,20)14-13(9-15-5)11(4)16-17-14/h12,15H,6-10H2,1-5H3,(H,16,17). The Morgan fingerprint density at radius 3 is 2.38 bits per heavy atom. The molecule has 0 saturated heterocycles. The summed E-state index contributed by atoms with van der Waals surface area (Å²) in [5.41, 5.74) is 1.52. The van der Waals surface area contributed by atoms with Crippen molar-refractivity contribution in [3.8, 4) is 0 Å². The summed E-state index contributed by atoms with van der Waals surface area (Å²) < 4.78 is 27.3. The van der Waals surface area contributed by atoms with E-state index in [9.17, 15) is 8.42 Å². The molecule has 0 spiro atoms. The van der Waals surface area contributed by atoms with E-state index in [1.807, 2.05) is 13.8 Å². The van der Waals surface area contributed by atoms with E-state index in [-0.39, 0.29) is 5.03 Å². The highest BCUT2D eigenvalue weighted by Crippen LogP contribution is 2.22. The average molecular weight is 316 g/mol. The van der Waals surface area contributed by atoms with Gasteiger partial charge in [0.1, 0.15) is 0 Å². The lowest BCUT2D eigenvalue weighted by molar-refractivity contribution is 0.338. The van der Waals surface area contributed by atoms with Gasteiger partial charge in [-0.05, 0) is 19.9 Å². The van der Waals surface area contributed by atoms with Crippen molar-refractivity contribution >= 4 is 10.0 Å². The van der Waals surface area contributed by atoms with Crippen LogP contribution >= 0.6 is 0 Å². The third kappa shape index (κ3) is 4.05. The Morgan fingerprint density at radius 2 is 1.90 bits per heavy atom. The molecular formula is C14H28N4O2S. The maximum Gasteiger partial charge on any atom is 0.262 e. The molecule has 0 atom stereocenters. The Balaban J connectivity index is 3.13. The first-order valence-corrected chi connectivity index (χ1v) is 9.04. The van der Waals surface area contributed by atoms with Gasteiger partial charge in [0.2, 0.25) is 0 Å². The quantitative estimate of drug-likeness (QED) is 0.729. The molecule has 0 aliphatic heterocycles. The third-order valence-corrected chi connectivity index (χ3v) is 5.86. The SMILES string of the molecule is CCC(CC)CN(CC)S(=O)(=O)c1n[nH]c(C)c1CNC. The Bertz CT molecular complexity index is 535. The van der Waals surface area contributed by atoms with Gasteiger partial charge in [-0.15, -0.1) is 0 Å². The lowest BCUT2D eigenvalue weighted by Gasteiger charge is -2.24. The average Bonchev–Trinajstić information content (AvgIpc) is 2.82. The molecule has 1 aromatic heterocycles. The molecule has 21 heavy (non-hydrogen) atoms. The van der Waals surface area contributed by atoms with Crippen molar-refractivity contribution in [1.82, 2.24) is 19.8 Å². The molecular weight excluding hydrogens is 288 g/mol. The molecule has 0 unspecified atom stereocenters. The number of hydrogen-bond donors (Lipinski definition) is 2. The first-order valence-electron chi connectivity index (χ1n) is 7.60. The van der Waals surface area contributed by atoms with Crippen LogP contribution in [0.1, 0.15) is 44.9 Å². The maximum absolute atomic E-state index is 12.9. The van der Waals surface area contributed by atoms with Gasteiger partial charge in [0, 0.05) is 30.9 Å². The first-order chi connectivity index (χ1) is 9.92. The van der Waals surface area contributed by atoms with Crippen molar-refractivity contribution in [2.45, 2.75) is 52.1 Å². The number of nitrogens with zero attached hydrogens (tertiary/aromatic N) is 2. The number of H-pyrrole nitrogens is 1. The van der Waals surface area contributed by atoms with E-state index in [0.717, 1.165) is 24.1 Å². The molecule has 0 fully saturated rings. The fourth-order valence-electron chi connectivity index (χ4n) is 2.38. The first kappa shape index (κ1) is 18.1. The molecule has 0 radical (unpaired) electrons. The zero-order chi connectivity index (χ0) is 16.0. The fraction of sp³-hybridized carbons (Fsp3) is 0.786. The Morgan fingerprint density at radius 1 is 1.29 bits per heavy atom. The molecule has 0 aliphatic carbocycles. The molecule has 6 nitrogen and oxygen atoms in total. The van der Waals surface area contributed by atoms with Crippen molar-refractivity contribution in [3.05, 3.63) is 11.3 Å². The third-order valence-electron chi connectivity index (χ3n) is 3.94. The second-order valence-corrected chi connectivity index (χ2v) is 7.15. The van der Waals surface area contributed by atoms with Crippen LogP contribution in [0.3, 0.4) is 0 Å². The van der Waals surface area contributed by atoms with E-state index in [0.29, 0.717) is 25.6 Å². The predicted molar refractivity (Wildman–Crippen MR) is 84.6 cm³/mol. The second-order valence-electron chi connectivity index (χ2n) is 5.30. The summed E-state index contributed by atoms with van der Waals surface area (Å²) in [6.07, 6.45) is 1.96. The molecule has 122 valence electrons. The highest BCUT2D eigenvalue weighted by atomic mass is 32.2. The molecule has 0 saturated carbocycles. The molecule has 0 aromatic carbocycles. The molecule has 1 aromatic rings. The number of hydrogen-bond acceptors (Lipinski definition) is 4. The van der Waals surface area contributed by atoms with E-state index >= 15 is 0 Å². The summed E-state index contributed by atoms with van der Waals surface area (Å²) in [5.74, 6) is 0.382. The summed E-state index contributed by atoms with van der Waals surface area (Å²) in [6.45, 7) is 9.41. The van der Waals surface area contributed by atoms with Crippen LogP contribution in [-0.4, -0.2) is 43.1 Å². The molecule has 0 aliphatic rings. The maximum atomic E-state index is 12.9. The monoisotopic (exact) mass is 316 g/mol. The fourth-order valence-corrected chi connectivity index (χ4v) is 4.07. The van der Waals surface area contributed by atoms with Gasteiger partial charge >= 0.3 is 0 Å². The molecule has 1 heterocycles. The van der Waals surface area contributed by atoms with E-state index in [1.165, 1.54) is 0 Å². The van der Waals surface area contributed by atoms with Crippen LogP contribution in [-0.2, 0) is 16.6 Å². The zero-order valence-electron chi connectivity index (χ0n) is 13.7. The number of aromatic nitrogens is 2. The summed E-state index contributed by atoms with van der Waals surface area (Å²) in [6, 6.07) is 0. The van der Waals surface area contributed by atoms with Gasteiger partial charge in [-0.3, -0.25) is 5.10 Å². The van der Waals surface area contributed by atoms with E-state index < -0.39 is 10.0 Å². The van der Waals surface area contributed by atoms with Crippen LogP contribution < -0.4 is 5.32 Å². The lowest BCUT2D eigenvalue weighted by Crippen LogP contribution is -2.36. The Labute approximate surface area is 128 Å². The number of sulfonamides is 1. The normalized spacial score (nSPS) is 12.5. The summed E-state index contributed by atoms with van der Waals surface area (Å²) >= 11 is 0. The summed E-state index contributed by atoms with van der Waals surface area (Å²) in [4.78, 5) is 0. The summed E-state index contributed by atoms with van der Waals surface area (Å²) in [7, 11) is -1.75. The van der Waals surface area contributed by atoms with Crippen LogP contribution in [0, 0.1) is 12.8 Å². The second kappa shape index (κ2) is 7.91. The van der Waals surface area contributed by atoms with Crippen LogP contribution in [0.4, 0.5) is 0 Å². The summed E-state index contributed by atoms with van der Waals surface area (Å²) in [5, 5.41) is 9.99. The van der Waals surface area contributed by atoms with Crippen LogP contribution in [0.5, 0.6) is 0 Å². The van der Waals surface area contributed by atoms with Gasteiger partial charge in [-0.2, -0.15) is 9.40 Å². The van der Waals surface area contributed by atoms with Crippen molar-refractivity contribution in [1.29, 1.82) is 0 Å². The van der Waals surface area contributed by atoms with Gasteiger partial charge in [0.15, 0.2) is 5.03 Å². The van der Waals surface area contributed by atoms with Gasteiger partial charge < -0.3 is 5.32 Å². The highest BCUT2D eigenvalue weighted by molar-refractivity contribution is 7.89. The molecule has 0 bridgehead atoms. The van der Waals surface area contributed by atoms with Gasteiger partial charge in [-0.1, -0.05) is 33.6 Å². The minimum Gasteiger partial charge on any atom is -0.316 e. The van der Waals surface area contributed by atoms with Gasteiger partial charge in [0.05, 0.1) is 0 Å². The van der Waals surface area contributed by atoms with Crippen molar-refractivity contribution in [2.75, 3.05) is 20.1 Å².